The third-order valence-corrected chi connectivity index (χ3v) is 2.51. The Morgan fingerprint density at radius 1 is 1.19 bits per heavy atom. The molecule has 0 bridgehead atoms. The molecule has 0 aromatic heterocycles. The van der Waals surface area contributed by atoms with Crippen molar-refractivity contribution >= 4 is 5.69 Å². The number of halogens is 6. The van der Waals surface area contributed by atoms with E-state index in [0.29, 0.717) is 6.07 Å². The first kappa shape index (κ1) is 17.1. The van der Waals surface area contributed by atoms with Crippen LogP contribution in [0, 0.1) is 11.3 Å². The van der Waals surface area contributed by atoms with Gasteiger partial charge in [-0.3, -0.25) is 0 Å². The van der Waals surface area contributed by atoms with Gasteiger partial charge in [-0.15, -0.1) is 0 Å². The number of aliphatic hydroxyl groups excluding tert-OH is 1. The first-order valence-electron chi connectivity index (χ1n) is 5.62. The first-order chi connectivity index (χ1) is 9.56. The van der Waals surface area contributed by atoms with E-state index in [9.17, 15) is 26.3 Å². The Labute approximate surface area is 115 Å². The van der Waals surface area contributed by atoms with Crippen molar-refractivity contribution in [2.24, 2.45) is 0 Å². The lowest BCUT2D eigenvalue weighted by Crippen LogP contribution is -2.30. The van der Waals surface area contributed by atoms with E-state index in [4.69, 9.17) is 10.4 Å². The summed E-state index contributed by atoms with van der Waals surface area (Å²) in [6, 6.07) is 2.33. The summed E-state index contributed by atoms with van der Waals surface area (Å²) in [6.45, 7) is -0.902. The maximum Gasteiger partial charge on any atom is 0.417 e. The van der Waals surface area contributed by atoms with Gasteiger partial charge in [-0.05, 0) is 18.2 Å². The quantitative estimate of drug-likeness (QED) is 0.839. The van der Waals surface area contributed by atoms with E-state index in [0.717, 1.165) is 12.1 Å². The molecule has 0 heterocycles. The molecule has 1 aromatic rings. The average Bonchev–Trinajstić information content (AvgIpc) is 2.35. The number of hydrogen-bond donors (Lipinski definition) is 2. The van der Waals surface area contributed by atoms with E-state index in [1.54, 1.807) is 0 Å². The van der Waals surface area contributed by atoms with E-state index in [2.05, 4.69) is 5.32 Å². The van der Waals surface area contributed by atoms with Crippen LogP contribution in [-0.2, 0) is 6.18 Å². The lowest BCUT2D eigenvalue weighted by atomic mass is 10.1. The minimum Gasteiger partial charge on any atom is -0.394 e. The minimum absolute atomic E-state index is 0.260. The number of nitrogens with one attached hydrogen (secondary N) is 1. The van der Waals surface area contributed by atoms with E-state index in [1.165, 1.54) is 6.07 Å². The minimum atomic E-state index is -4.80. The van der Waals surface area contributed by atoms with Gasteiger partial charge in [0, 0.05) is 5.69 Å². The highest BCUT2D eigenvalue weighted by Gasteiger charge is 2.35. The Kier molecular flexibility index (Phi) is 5.06. The van der Waals surface area contributed by atoms with E-state index in [1.807, 2.05) is 0 Å². The Balaban J connectivity index is 3.02. The van der Waals surface area contributed by atoms with E-state index < -0.39 is 42.5 Å². The van der Waals surface area contributed by atoms with Crippen molar-refractivity contribution in [3.8, 4) is 6.07 Å². The molecule has 0 aliphatic rings. The lowest BCUT2D eigenvalue weighted by molar-refractivity contribution is -0.139. The molecule has 116 valence electrons. The van der Waals surface area contributed by atoms with Gasteiger partial charge in [0.05, 0.1) is 36.3 Å². The molecule has 0 radical (unpaired) electrons. The smallest absolute Gasteiger partial charge is 0.394 e. The summed E-state index contributed by atoms with van der Waals surface area (Å²) in [4.78, 5) is 0. The van der Waals surface area contributed by atoms with Crippen LogP contribution in [0.5, 0.6) is 0 Å². The maximum absolute atomic E-state index is 12.7. The molecule has 9 heteroatoms. The van der Waals surface area contributed by atoms with Gasteiger partial charge >= 0.3 is 12.4 Å². The Bertz CT molecular complexity index is 532. The van der Waals surface area contributed by atoms with Crippen LogP contribution in [-0.4, -0.2) is 23.9 Å². The monoisotopic (exact) mass is 312 g/mol. The third-order valence-electron chi connectivity index (χ3n) is 2.51. The number of rotatable bonds is 4. The van der Waals surface area contributed by atoms with Crippen LogP contribution in [0.4, 0.5) is 32.0 Å². The number of benzene rings is 1. The SMILES string of the molecule is N#Cc1ccc(NC(CO)CC(F)(F)F)cc1C(F)(F)F. The van der Waals surface area contributed by atoms with Crippen LogP contribution in [0.3, 0.4) is 0 Å². The Hall–Kier alpha value is -1.95. The summed E-state index contributed by atoms with van der Waals surface area (Å²) in [5.41, 5.74) is -2.15. The molecule has 1 rings (SSSR count). The van der Waals surface area contributed by atoms with Crippen molar-refractivity contribution in [3.63, 3.8) is 0 Å². The predicted octanol–water partition coefficient (Wildman–Crippen LogP) is 3.30. The number of aliphatic hydroxyl groups is 1. The molecule has 1 unspecified atom stereocenters. The molecule has 21 heavy (non-hydrogen) atoms. The number of alkyl halides is 6. The third kappa shape index (κ3) is 5.15. The number of nitriles is 1. The van der Waals surface area contributed by atoms with Crippen LogP contribution in [0.25, 0.3) is 0 Å². The zero-order valence-electron chi connectivity index (χ0n) is 10.4. The molecule has 0 fully saturated rings. The standard InChI is InChI=1S/C12H10F6N2O/c13-11(14,15)4-9(6-21)20-8-2-1-7(5-19)10(3-8)12(16,17)18/h1-3,9,20-21H,4,6H2. The summed E-state index contributed by atoms with van der Waals surface area (Å²) in [6.07, 6.45) is -10.8. The summed E-state index contributed by atoms with van der Waals surface area (Å²) < 4.78 is 74.7. The van der Waals surface area contributed by atoms with Crippen molar-refractivity contribution in [1.82, 2.24) is 0 Å². The summed E-state index contributed by atoms with van der Waals surface area (Å²) in [7, 11) is 0. The van der Waals surface area contributed by atoms with Crippen molar-refractivity contribution in [2.75, 3.05) is 11.9 Å². The first-order valence-corrected chi connectivity index (χ1v) is 5.62. The van der Waals surface area contributed by atoms with Gasteiger partial charge < -0.3 is 10.4 Å². The van der Waals surface area contributed by atoms with Crippen molar-refractivity contribution < 1.29 is 31.4 Å². The Morgan fingerprint density at radius 2 is 1.81 bits per heavy atom. The molecule has 1 atom stereocenters. The fourth-order valence-electron chi connectivity index (χ4n) is 1.64. The summed E-state index contributed by atoms with van der Waals surface area (Å²) in [5, 5.41) is 19.6. The normalized spacial score (nSPS) is 13.6. The molecule has 0 spiro atoms. The van der Waals surface area contributed by atoms with Gasteiger partial charge in [-0.1, -0.05) is 0 Å². The molecule has 3 nitrogen and oxygen atoms in total. The molecule has 1 aromatic carbocycles. The second-order valence-electron chi connectivity index (χ2n) is 4.21. The second kappa shape index (κ2) is 6.22. The highest BCUT2D eigenvalue weighted by molar-refractivity contribution is 5.53. The fourth-order valence-corrected chi connectivity index (χ4v) is 1.64. The summed E-state index contributed by atoms with van der Waals surface area (Å²) >= 11 is 0. The molecular weight excluding hydrogens is 302 g/mol. The maximum atomic E-state index is 12.7. The lowest BCUT2D eigenvalue weighted by Gasteiger charge is -2.20. The molecule has 0 aliphatic heterocycles. The molecule has 0 amide bonds. The topological polar surface area (TPSA) is 56.0 Å². The van der Waals surface area contributed by atoms with Crippen LogP contribution in [0.2, 0.25) is 0 Å². The van der Waals surface area contributed by atoms with Gasteiger partial charge in [0.1, 0.15) is 0 Å². The van der Waals surface area contributed by atoms with Gasteiger partial charge in [-0.25, -0.2) is 0 Å². The van der Waals surface area contributed by atoms with Crippen molar-refractivity contribution in [2.45, 2.75) is 24.8 Å². The molecule has 2 N–H and O–H groups in total. The van der Waals surface area contributed by atoms with Gasteiger partial charge in [-0.2, -0.15) is 31.6 Å². The van der Waals surface area contributed by atoms with Crippen LogP contribution < -0.4 is 5.32 Å². The van der Waals surface area contributed by atoms with Crippen molar-refractivity contribution in [3.05, 3.63) is 29.3 Å². The largest absolute Gasteiger partial charge is 0.417 e. The molecule has 0 saturated carbocycles. The van der Waals surface area contributed by atoms with Gasteiger partial charge in [0.25, 0.3) is 0 Å². The van der Waals surface area contributed by atoms with Crippen LogP contribution in [0.15, 0.2) is 18.2 Å². The summed E-state index contributed by atoms with van der Waals surface area (Å²) in [5.74, 6) is 0. The molecular formula is C12H10F6N2O. The van der Waals surface area contributed by atoms with Crippen molar-refractivity contribution in [1.29, 1.82) is 5.26 Å². The number of anilines is 1. The van der Waals surface area contributed by atoms with Gasteiger partial charge in [0.2, 0.25) is 0 Å². The predicted molar refractivity (Wildman–Crippen MR) is 61.3 cm³/mol. The fraction of sp³-hybridized carbons (Fsp3) is 0.417. The molecule has 0 aliphatic carbocycles. The van der Waals surface area contributed by atoms with Crippen LogP contribution >= 0.6 is 0 Å². The van der Waals surface area contributed by atoms with E-state index in [-0.39, 0.29) is 5.69 Å². The second-order valence-corrected chi connectivity index (χ2v) is 4.21. The van der Waals surface area contributed by atoms with E-state index >= 15 is 0 Å². The highest BCUT2D eigenvalue weighted by atomic mass is 19.4. The van der Waals surface area contributed by atoms with Gasteiger partial charge in [0.15, 0.2) is 0 Å². The zero-order chi connectivity index (χ0) is 16.3. The van der Waals surface area contributed by atoms with Crippen LogP contribution in [0.1, 0.15) is 17.5 Å². The average molecular weight is 312 g/mol. The highest BCUT2D eigenvalue weighted by Crippen LogP contribution is 2.34. The zero-order valence-corrected chi connectivity index (χ0v) is 10.4. The number of nitrogens with zero attached hydrogens (tertiary/aromatic N) is 1. The Morgan fingerprint density at radius 3 is 2.24 bits per heavy atom. The molecule has 0 saturated heterocycles. The number of hydrogen-bond acceptors (Lipinski definition) is 3.